The number of hydrogen-bond donors (Lipinski definition) is 0. The summed E-state index contributed by atoms with van der Waals surface area (Å²) < 4.78 is 0. The van der Waals surface area contributed by atoms with Crippen LogP contribution in [0.5, 0.6) is 0 Å². The predicted molar refractivity (Wildman–Crippen MR) is 57.2 cm³/mol. The lowest BCUT2D eigenvalue weighted by Crippen LogP contribution is -1.84. The lowest BCUT2D eigenvalue weighted by Gasteiger charge is -2.04. The minimum Gasteiger partial charge on any atom is -0.0877 e. The SMILES string of the molecule is C\C=C/C=C(CCC)\C(C)=C/C. The topological polar surface area (TPSA) is 0 Å². The molecule has 0 heterocycles. The molecule has 0 amide bonds. The molecule has 68 valence electrons. The molecule has 0 N–H and O–H groups in total. The maximum Gasteiger partial charge on any atom is -0.0279 e. The molecule has 12 heavy (non-hydrogen) atoms. The van der Waals surface area contributed by atoms with Crippen LogP contribution in [0.4, 0.5) is 0 Å². The quantitative estimate of drug-likeness (QED) is 0.545. The van der Waals surface area contributed by atoms with Gasteiger partial charge < -0.3 is 0 Å². The third kappa shape index (κ3) is 4.17. The van der Waals surface area contributed by atoms with Crippen molar-refractivity contribution in [2.24, 2.45) is 0 Å². The summed E-state index contributed by atoms with van der Waals surface area (Å²) in [7, 11) is 0. The highest BCUT2D eigenvalue weighted by Gasteiger charge is 1.95. The molecule has 0 aromatic carbocycles. The highest BCUT2D eigenvalue weighted by Crippen LogP contribution is 2.15. The third-order valence-corrected chi connectivity index (χ3v) is 1.95. The lowest BCUT2D eigenvalue weighted by molar-refractivity contribution is 0.911. The fourth-order valence-electron chi connectivity index (χ4n) is 1.08. The van der Waals surface area contributed by atoms with E-state index in [0.29, 0.717) is 0 Å². The number of rotatable bonds is 4. The van der Waals surface area contributed by atoms with Crippen LogP contribution in [-0.2, 0) is 0 Å². The van der Waals surface area contributed by atoms with Gasteiger partial charge in [-0.3, -0.25) is 0 Å². The minimum atomic E-state index is 1.18. The van der Waals surface area contributed by atoms with Gasteiger partial charge in [0.05, 0.1) is 0 Å². The van der Waals surface area contributed by atoms with Crippen LogP contribution in [0, 0.1) is 0 Å². The minimum absolute atomic E-state index is 1.18. The fraction of sp³-hybridized carbons (Fsp3) is 0.500. The Hall–Kier alpha value is -0.780. The highest BCUT2D eigenvalue weighted by molar-refractivity contribution is 5.31. The van der Waals surface area contributed by atoms with Crippen molar-refractivity contribution in [1.29, 1.82) is 0 Å². The van der Waals surface area contributed by atoms with E-state index in [2.05, 4.69) is 45.1 Å². The molecule has 0 unspecified atom stereocenters. The molecule has 0 bridgehead atoms. The smallest absolute Gasteiger partial charge is 0.0279 e. The van der Waals surface area contributed by atoms with E-state index in [9.17, 15) is 0 Å². The van der Waals surface area contributed by atoms with Gasteiger partial charge in [-0.05, 0) is 32.8 Å². The molecule has 0 nitrogen and oxygen atoms in total. The van der Waals surface area contributed by atoms with Crippen molar-refractivity contribution in [2.75, 3.05) is 0 Å². The van der Waals surface area contributed by atoms with Gasteiger partial charge in [0, 0.05) is 0 Å². The maximum absolute atomic E-state index is 2.21. The van der Waals surface area contributed by atoms with Gasteiger partial charge in [0.15, 0.2) is 0 Å². The normalized spacial score (nSPS) is 14.3. The van der Waals surface area contributed by atoms with Crippen LogP contribution in [0.2, 0.25) is 0 Å². The maximum atomic E-state index is 2.21. The summed E-state index contributed by atoms with van der Waals surface area (Å²) in [6, 6.07) is 0. The second-order valence-electron chi connectivity index (χ2n) is 2.94. The van der Waals surface area contributed by atoms with Crippen LogP contribution in [0.1, 0.15) is 40.5 Å². The second kappa shape index (κ2) is 6.90. The summed E-state index contributed by atoms with van der Waals surface area (Å²) in [5.41, 5.74) is 2.85. The lowest BCUT2D eigenvalue weighted by atomic mass is 10.0. The fourth-order valence-corrected chi connectivity index (χ4v) is 1.08. The first kappa shape index (κ1) is 11.2. The van der Waals surface area contributed by atoms with Crippen molar-refractivity contribution in [3.05, 3.63) is 35.5 Å². The van der Waals surface area contributed by atoms with Gasteiger partial charge in [-0.15, -0.1) is 0 Å². The van der Waals surface area contributed by atoms with E-state index in [4.69, 9.17) is 0 Å². The van der Waals surface area contributed by atoms with Gasteiger partial charge in [-0.2, -0.15) is 0 Å². The highest BCUT2D eigenvalue weighted by atomic mass is 14.0. The number of allylic oxidation sites excluding steroid dienone is 6. The van der Waals surface area contributed by atoms with E-state index < -0.39 is 0 Å². The van der Waals surface area contributed by atoms with Gasteiger partial charge in [-0.25, -0.2) is 0 Å². The molecule has 0 fully saturated rings. The van der Waals surface area contributed by atoms with Crippen LogP contribution < -0.4 is 0 Å². The molecule has 0 aliphatic carbocycles. The van der Waals surface area contributed by atoms with E-state index in [0.717, 1.165) is 0 Å². The molecule has 0 spiro atoms. The van der Waals surface area contributed by atoms with Crippen LogP contribution in [-0.4, -0.2) is 0 Å². The van der Waals surface area contributed by atoms with Crippen molar-refractivity contribution >= 4 is 0 Å². The van der Waals surface area contributed by atoms with Crippen molar-refractivity contribution in [2.45, 2.75) is 40.5 Å². The molecule has 0 aliphatic rings. The van der Waals surface area contributed by atoms with E-state index in [-0.39, 0.29) is 0 Å². The number of hydrogen-bond acceptors (Lipinski definition) is 0. The van der Waals surface area contributed by atoms with Crippen LogP contribution in [0.15, 0.2) is 35.5 Å². The van der Waals surface area contributed by atoms with Gasteiger partial charge in [-0.1, -0.05) is 43.2 Å². The van der Waals surface area contributed by atoms with Crippen molar-refractivity contribution in [3.63, 3.8) is 0 Å². The molecule has 0 saturated heterocycles. The molecular weight excluding hydrogens is 144 g/mol. The molecule has 0 heteroatoms. The zero-order valence-electron chi connectivity index (χ0n) is 8.72. The van der Waals surface area contributed by atoms with E-state index in [1.54, 1.807) is 0 Å². The largest absolute Gasteiger partial charge is 0.0877 e. The molecular formula is C12H20. The Morgan fingerprint density at radius 1 is 1.25 bits per heavy atom. The van der Waals surface area contributed by atoms with Crippen molar-refractivity contribution < 1.29 is 0 Å². The Balaban J connectivity index is 4.42. The van der Waals surface area contributed by atoms with Gasteiger partial charge in [0.1, 0.15) is 0 Å². The van der Waals surface area contributed by atoms with Crippen LogP contribution >= 0.6 is 0 Å². The summed E-state index contributed by atoms with van der Waals surface area (Å²) in [6.45, 7) is 8.52. The van der Waals surface area contributed by atoms with Gasteiger partial charge in [0.2, 0.25) is 0 Å². The first-order valence-corrected chi connectivity index (χ1v) is 4.71. The average molecular weight is 164 g/mol. The molecule has 0 aliphatic heterocycles. The molecule has 0 rings (SSSR count). The Morgan fingerprint density at radius 2 is 1.92 bits per heavy atom. The molecule has 0 aromatic rings. The van der Waals surface area contributed by atoms with E-state index in [1.165, 1.54) is 24.0 Å². The average Bonchev–Trinajstić information content (AvgIpc) is 2.11. The van der Waals surface area contributed by atoms with E-state index in [1.807, 2.05) is 6.92 Å². The predicted octanol–water partition coefficient (Wildman–Crippen LogP) is 4.26. The monoisotopic (exact) mass is 164 g/mol. The van der Waals surface area contributed by atoms with Crippen LogP contribution in [0.25, 0.3) is 0 Å². The summed E-state index contributed by atoms with van der Waals surface area (Å²) in [5.74, 6) is 0. The Morgan fingerprint density at radius 3 is 2.33 bits per heavy atom. The molecule has 0 saturated carbocycles. The summed E-state index contributed by atoms with van der Waals surface area (Å²) in [4.78, 5) is 0. The van der Waals surface area contributed by atoms with Crippen LogP contribution in [0.3, 0.4) is 0 Å². The Bertz CT molecular complexity index is 192. The van der Waals surface area contributed by atoms with Gasteiger partial charge >= 0.3 is 0 Å². The third-order valence-electron chi connectivity index (χ3n) is 1.95. The Kier molecular flexibility index (Phi) is 6.45. The van der Waals surface area contributed by atoms with Crippen molar-refractivity contribution in [1.82, 2.24) is 0 Å². The second-order valence-corrected chi connectivity index (χ2v) is 2.94. The van der Waals surface area contributed by atoms with Crippen molar-refractivity contribution in [3.8, 4) is 0 Å². The summed E-state index contributed by atoms with van der Waals surface area (Å²) in [6.07, 6.45) is 11.0. The molecule has 0 radical (unpaired) electrons. The summed E-state index contributed by atoms with van der Waals surface area (Å²) in [5, 5.41) is 0. The first-order valence-electron chi connectivity index (χ1n) is 4.71. The Labute approximate surface area is 76.7 Å². The van der Waals surface area contributed by atoms with Gasteiger partial charge in [0.25, 0.3) is 0 Å². The molecule has 0 aromatic heterocycles. The zero-order valence-corrected chi connectivity index (χ0v) is 8.72. The zero-order chi connectivity index (χ0) is 9.40. The standard InChI is InChI=1S/C12H20/c1-5-8-10-12(9-6-2)11(4)7-3/h5,7-8,10H,6,9H2,1-4H3/b8-5-,11-7-,12-10-. The molecule has 0 atom stereocenters. The van der Waals surface area contributed by atoms with E-state index >= 15 is 0 Å². The first-order chi connectivity index (χ1) is 5.76. The summed E-state index contributed by atoms with van der Waals surface area (Å²) >= 11 is 0.